The van der Waals surface area contributed by atoms with E-state index in [0.717, 1.165) is 4.90 Å². The molecule has 2 aromatic carbocycles. The third kappa shape index (κ3) is 4.03. The van der Waals surface area contributed by atoms with Crippen molar-refractivity contribution in [1.29, 1.82) is 0 Å². The van der Waals surface area contributed by atoms with Crippen molar-refractivity contribution in [2.24, 2.45) is 0 Å². The van der Waals surface area contributed by atoms with Crippen molar-refractivity contribution in [3.05, 3.63) is 59.1 Å². The van der Waals surface area contributed by atoms with E-state index in [1.807, 2.05) is 0 Å². The highest BCUT2D eigenvalue weighted by Gasteiger charge is 2.30. The first-order valence-electron chi connectivity index (χ1n) is 8.06. The van der Waals surface area contributed by atoms with Gasteiger partial charge < -0.3 is 9.47 Å². The number of carbonyl (C=O) groups is 3. The molecule has 0 atom stereocenters. The molecule has 0 radical (unpaired) electrons. The van der Waals surface area contributed by atoms with Gasteiger partial charge in [0, 0.05) is 12.8 Å². The summed E-state index contributed by atoms with van der Waals surface area (Å²) >= 11 is 5.97. The number of benzene rings is 2. The molecule has 0 N–H and O–H groups in total. The van der Waals surface area contributed by atoms with Gasteiger partial charge in [-0.1, -0.05) is 29.8 Å². The van der Waals surface area contributed by atoms with Gasteiger partial charge in [0.1, 0.15) is 19.0 Å². The molecule has 3 rings (SSSR count). The number of ether oxygens (including phenoxy) is 2. The SMILES string of the molecule is O=C(OCCOc1ccccc1Cl)c1cccc(N2C(=O)CCC2=O)c1. The Morgan fingerprint density at radius 2 is 1.73 bits per heavy atom. The molecule has 0 unspecified atom stereocenters. The fourth-order valence-electron chi connectivity index (χ4n) is 2.57. The van der Waals surface area contributed by atoms with Crippen molar-refractivity contribution in [2.45, 2.75) is 12.8 Å². The predicted octanol–water partition coefficient (Wildman–Crippen LogP) is 3.23. The van der Waals surface area contributed by atoms with Crippen LogP contribution in [0.2, 0.25) is 5.02 Å². The average Bonchev–Trinajstić information content (AvgIpc) is 2.98. The molecule has 1 aliphatic rings. The first-order valence-corrected chi connectivity index (χ1v) is 8.44. The van der Waals surface area contributed by atoms with Crippen molar-refractivity contribution in [1.82, 2.24) is 0 Å². The van der Waals surface area contributed by atoms with E-state index < -0.39 is 5.97 Å². The summed E-state index contributed by atoms with van der Waals surface area (Å²) in [4.78, 5) is 36.9. The van der Waals surface area contributed by atoms with Crippen molar-refractivity contribution in [3.8, 4) is 5.75 Å². The van der Waals surface area contributed by atoms with E-state index in [4.69, 9.17) is 21.1 Å². The van der Waals surface area contributed by atoms with Gasteiger partial charge in [-0.05, 0) is 30.3 Å². The molecular weight excluding hydrogens is 358 g/mol. The van der Waals surface area contributed by atoms with Crippen molar-refractivity contribution in [3.63, 3.8) is 0 Å². The van der Waals surface area contributed by atoms with Crippen LogP contribution in [0.5, 0.6) is 5.75 Å². The first-order chi connectivity index (χ1) is 12.6. The molecule has 134 valence electrons. The minimum atomic E-state index is -0.561. The lowest BCUT2D eigenvalue weighted by atomic mass is 10.2. The number of rotatable bonds is 6. The molecule has 26 heavy (non-hydrogen) atoms. The molecule has 6 nitrogen and oxygen atoms in total. The number of imide groups is 1. The first kappa shape index (κ1) is 17.9. The van der Waals surface area contributed by atoms with Crippen molar-refractivity contribution >= 4 is 35.1 Å². The van der Waals surface area contributed by atoms with E-state index in [1.54, 1.807) is 42.5 Å². The minimum Gasteiger partial charge on any atom is -0.488 e. The van der Waals surface area contributed by atoms with Gasteiger partial charge in [-0.3, -0.25) is 14.5 Å². The van der Waals surface area contributed by atoms with Gasteiger partial charge in [0.25, 0.3) is 0 Å². The van der Waals surface area contributed by atoms with E-state index in [1.165, 1.54) is 6.07 Å². The minimum absolute atomic E-state index is 0.0376. The van der Waals surface area contributed by atoms with E-state index in [-0.39, 0.29) is 43.4 Å². The van der Waals surface area contributed by atoms with Crippen LogP contribution in [0.3, 0.4) is 0 Å². The van der Waals surface area contributed by atoms with Crippen LogP contribution in [0.4, 0.5) is 5.69 Å². The Labute approximate surface area is 155 Å². The largest absolute Gasteiger partial charge is 0.488 e. The summed E-state index contributed by atoms with van der Waals surface area (Å²) < 4.78 is 10.6. The molecule has 0 aromatic heterocycles. The molecule has 7 heteroatoms. The Morgan fingerprint density at radius 1 is 1.00 bits per heavy atom. The smallest absolute Gasteiger partial charge is 0.338 e. The van der Waals surface area contributed by atoms with Crippen molar-refractivity contribution < 1.29 is 23.9 Å². The van der Waals surface area contributed by atoms with Gasteiger partial charge >= 0.3 is 5.97 Å². The fourth-order valence-corrected chi connectivity index (χ4v) is 2.76. The van der Waals surface area contributed by atoms with E-state index >= 15 is 0 Å². The third-order valence-corrected chi connectivity index (χ3v) is 4.11. The summed E-state index contributed by atoms with van der Waals surface area (Å²) in [5.41, 5.74) is 0.631. The lowest BCUT2D eigenvalue weighted by molar-refractivity contribution is -0.121. The highest BCUT2D eigenvalue weighted by molar-refractivity contribution is 6.32. The molecule has 1 aliphatic heterocycles. The third-order valence-electron chi connectivity index (χ3n) is 3.80. The van der Waals surface area contributed by atoms with Gasteiger partial charge in [-0.2, -0.15) is 0 Å². The van der Waals surface area contributed by atoms with Crippen LogP contribution < -0.4 is 9.64 Å². The van der Waals surface area contributed by atoms with Gasteiger partial charge in [-0.25, -0.2) is 4.79 Å². The van der Waals surface area contributed by atoms with Crippen LogP contribution in [0.15, 0.2) is 48.5 Å². The molecule has 1 fully saturated rings. The second-order valence-electron chi connectivity index (χ2n) is 5.59. The highest BCUT2D eigenvalue weighted by atomic mass is 35.5. The molecule has 1 heterocycles. The van der Waals surface area contributed by atoms with E-state index in [9.17, 15) is 14.4 Å². The molecular formula is C19H16ClNO5. The number of halogens is 1. The number of amides is 2. The van der Waals surface area contributed by atoms with Gasteiger partial charge in [0.15, 0.2) is 0 Å². The number of hydrogen-bond acceptors (Lipinski definition) is 5. The monoisotopic (exact) mass is 373 g/mol. The van der Waals surface area contributed by atoms with Crippen LogP contribution in [-0.4, -0.2) is 31.0 Å². The maximum Gasteiger partial charge on any atom is 0.338 e. The van der Waals surface area contributed by atoms with Crippen LogP contribution >= 0.6 is 11.6 Å². The lowest BCUT2D eigenvalue weighted by Gasteiger charge is -2.14. The Hall–Kier alpha value is -2.86. The van der Waals surface area contributed by atoms with Crippen LogP contribution in [0.25, 0.3) is 0 Å². The second kappa shape index (κ2) is 8.01. The number of esters is 1. The molecule has 0 saturated carbocycles. The molecule has 2 aromatic rings. The standard InChI is InChI=1S/C19H16ClNO5/c20-15-6-1-2-7-16(15)25-10-11-26-19(24)13-4-3-5-14(12-13)21-17(22)8-9-18(21)23/h1-7,12H,8-11H2. The van der Waals surface area contributed by atoms with Crippen LogP contribution in [-0.2, 0) is 14.3 Å². The Kier molecular flexibility index (Phi) is 5.53. The number of hydrogen-bond donors (Lipinski definition) is 0. The quantitative estimate of drug-likeness (QED) is 0.441. The predicted molar refractivity (Wildman–Crippen MR) is 95.4 cm³/mol. The van der Waals surface area contributed by atoms with Crippen molar-refractivity contribution in [2.75, 3.05) is 18.1 Å². The zero-order valence-electron chi connectivity index (χ0n) is 13.8. The zero-order valence-corrected chi connectivity index (χ0v) is 14.6. The molecule has 0 spiro atoms. The zero-order chi connectivity index (χ0) is 18.5. The van der Waals surface area contributed by atoms with E-state index in [2.05, 4.69) is 0 Å². The molecule has 0 bridgehead atoms. The van der Waals surface area contributed by atoms with Crippen LogP contribution in [0, 0.1) is 0 Å². The number of anilines is 1. The summed E-state index contributed by atoms with van der Waals surface area (Å²) in [6, 6.07) is 13.2. The fraction of sp³-hybridized carbons (Fsp3) is 0.211. The number of para-hydroxylation sites is 1. The Bertz CT molecular complexity index is 835. The Morgan fingerprint density at radius 3 is 2.46 bits per heavy atom. The number of carbonyl (C=O) groups excluding carboxylic acids is 3. The summed E-state index contributed by atoms with van der Waals surface area (Å²) in [5.74, 6) is -0.589. The summed E-state index contributed by atoms with van der Waals surface area (Å²) in [5, 5.41) is 0.478. The molecule has 2 amide bonds. The van der Waals surface area contributed by atoms with E-state index in [0.29, 0.717) is 16.5 Å². The van der Waals surface area contributed by atoms with Gasteiger partial charge in [-0.15, -0.1) is 0 Å². The topological polar surface area (TPSA) is 72.9 Å². The summed E-state index contributed by atoms with van der Waals surface area (Å²) in [6.07, 6.45) is 0.375. The van der Waals surface area contributed by atoms with Gasteiger partial charge in [0.05, 0.1) is 16.3 Å². The Balaban J connectivity index is 1.57. The molecule has 1 saturated heterocycles. The normalized spacial score (nSPS) is 13.8. The summed E-state index contributed by atoms with van der Waals surface area (Å²) in [7, 11) is 0. The van der Waals surface area contributed by atoms with Gasteiger partial charge in [0.2, 0.25) is 11.8 Å². The molecule has 0 aliphatic carbocycles. The maximum absolute atomic E-state index is 12.2. The lowest BCUT2D eigenvalue weighted by Crippen LogP contribution is -2.28. The second-order valence-corrected chi connectivity index (χ2v) is 6.00. The van der Waals surface area contributed by atoms with Crippen LogP contribution in [0.1, 0.15) is 23.2 Å². The maximum atomic E-state index is 12.2. The highest BCUT2D eigenvalue weighted by Crippen LogP contribution is 2.24. The number of nitrogens with zero attached hydrogens (tertiary/aromatic N) is 1. The summed E-state index contributed by atoms with van der Waals surface area (Å²) in [6.45, 7) is 0.189. The average molecular weight is 374 g/mol.